The van der Waals surface area contributed by atoms with Gasteiger partial charge in [-0.15, -0.1) is 17.5 Å². The topological polar surface area (TPSA) is 147 Å². The van der Waals surface area contributed by atoms with E-state index in [-0.39, 0.29) is 28.9 Å². The predicted octanol–water partition coefficient (Wildman–Crippen LogP) is 2.94. The Kier molecular flexibility index (Phi) is 4.78. The monoisotopic (exact) mass is 367 g/mol. The van der Waals surface area contributed by atoms with Crippen molar-refractivity contribution in [3.8, 4) is 5.88 Å². The molecule has 0 bridgehead atoms. The standard InChI is InChI=1S/C14H13N5O3S.ClH/c15-8-1-6-12-11(7-8)13(14(20)17-12)19-18-9-2-4-10(5-3-9)23(16,21)22;/h1-7,17,20H,15H2,(H2,16,21,22);1H. The molecule has 0 saturated heterocycles. The lowest BCUT2D eigenvalue weighted by atomic mass is 10.2. The Morgan fingerprint density at radius 1 is 1.04 bits per heavy atom. The van der Waals surface area contributed by atoms with Crippen molar-refractivity contribution in [1.29, 1.82) is 0 Å². The zero-order chi connectivity index (χ0) is 16.6. The molecule has 0 aliphatic heterocycles. The van der Waals surface area contributed by atoms with Crippen molar-refractivity contribution < 1.29 is 13.5 Å². The number of azo groups is 1. The van der Waals surface area contributed by atoms with Crippen molar-refractivity contribution in [1.82, 2.24) is 4.98 Å². The second kappa shape index (κ2) is 6.48. The number of halogens is 1. The number of benzene rings is 2. The van der Waals surface area contributed by atoms with Crippen molar-refractivity contribution in [2.24, 2.45) is 15.4 Å². The van der Waals surface area contributed by atoms with Crippen LogP contribution in [0.5, 0.6) is 5.88 Å². The number of nitrogens with zero attached hydrogens (tertiary/aromatic N) is 2. The van der Waals surface area contributed by atoms with Crippen LogP contribution in [0.2, 0.25) is 0 Å². The van der Waals surface area contributed by atoms with Crippen molar-refractivity contribution in [3.63, 3.8) is 0 Å². The first kappa shape index (κ1) is 17.7. The number of anilines is 1. The third-order valence-electron chi connectivity index (χ3n) is 3.21. The number of aromatic amines is 1. The van der Waals surface area contributed by atoms with E-state index in [0.717, 1.165) is 0 Å². The summed E-state index contributed by atoms with van der Waals surface area (Å²) in [6.45, 7) is 0. The molecule has 0 spiro atoms. The number of hydrogen-bond acceptors (Lipinski definition) is 6. The van der Waals surface area contributed by atoms with Gasteiger partial charge in [0.1, 0.15) is 0 Å². The molecule has 0 atom stereocenters. The molecule has 3 aromatic rings. The number of sulfonamides is 1. The quantitative estimate of drug-likeness (QED) is 0.416. The first-order valence-electron chi connectivity index (χ1n) is 6.49. The molecular weight excluding hydrogens is 354 g/mol. The fourth-order valence-corrected chi connectivity index (χ4v) is 2.61. The van der Waals surface area contributed by atoms with Crippen molar-refractivity contribution in [2.75, 3.05) is 5.73 Å². The van der Waals surface area contributed by atoms with Crippen LogP contribution in [0.1, 0.15) is 0 Å². The lowest BCUT2D eigenvalue weighted by Crippen LogP contribution is -2.11. The Hall–Kier alpha value is -2.62. The van der Waals surface area contributed by atoms with Crippen LogP contribution in [0, 0.1) is 0 Å². The molecule has 1 aromatic heterocycles. The summed E-state index contributed by atoms with van der Waals surface area (Å²) < 4.78 is 22.4. The number of nitrogens with one attached hydrogen (secondary N) is 1. The number of aromatic hydroxyl groups is 1. The number of nitrogens with two attached hydrogens (primary N) is 2. The molecule has 24 heavy (non-hydrogen) atoms. The molecular formula is C14H14ClN5O3S. The van der Waals surface area contributed by atoms with Crippen molar-refractivity contribution >= 4 is 50.4 Å². The molecule has 0 amide bonds. The van der Waals surface area contributed by atoms with E-state index < -0.39 is 10.0 Å². The van der Waals surface area contributed by atoms with E-state index in [1.54, 1.807) is 18.2 Å². The van der Waals surface area contributed by atoms with E-state index in [9.17, 15) is 13.5 Å². The maximum absolute atomic E-state index is 11.2. The Labute approximate surface area is 143 Å². The number of rotatable bonds is 3. The second-order valence-corrected chi connectivity index (χ2v) is 6.43. The van der Waals surface area contributed by atoms with E-state index >= 15 is 0 Å². The predicted molar refractivity (Wildman–Crippen MR) is 93.6 cm³/mol. The number of H-pyrrole nitrogens is 1. The minimum absolute atomic E-state index is 0. The highest BCUT2D eigenvalue weighted by Crippen LogP contribution is 2.37. The molecule has 0 saturated carbocycles. The molecule has 126 valence electrons. The van der Waals surface area contributed by atoms with Crippen LogP contribution in [-0.4, -0.2) is 18.5 Å². The van der Waals surface area contributed by atoms with Gasteiger partial charge in [-0.2, -0.15) is 5.11 Å². The number of primary sulfonamides is 1. The van der Waals surface area contributed by atoms with Gasteiger partial charge >= 0.3 is 0 Å². The molecule has 0 fully saturated rings. The smallest absolute Gasteiger partial charge is 0.238 e. The van der Waals surface area contributed by atoms with Gasteiger partial charge < -0.3 is 15.8 Å². The van der Waals surface area contributed by atoms with Crippen LogP contribution in [0.25, 0.3) is 10.9 Å². The van der Waals surface area contributed by atoms with Gasteiger partial charge in [0, 0.05) is 11.1 Å². The van der Waals surface area contributed by atoms with Gasteiger partial charge in [-0.05, 0) is 42.5 Å². The molecule has 6 N–H and O–H groups in total. The number of hydrogen-bond donors (Lipinski definition) is 4. The molecule has 0 radical (unpaired) electrons. The largest absolute Gasteiger partial charge is 0.493 e. The Balaban J connectivity index is 0.00000208. The van der Waals surface area contributed by atoms with Crippen LogP contribution in [0.3, 0.4) is 0 Å². The molecule has 0 unspecified atom stereocenters. The van der Waals surface area contributed by atoms with Crippen LogP contribution in [-0.2, 0) is 10.0 Å². The zero-order valence-electron chi connectivity index (χ0n) is 12.2. The first-order chi connectivity index (χ1) is 10.8. The molecule has 0 aliphatic carbocycles. The summed E-state index contributed by atoms with van der Waals surface area (Å²) in [4.78, 5) is 2.76. The molecule has 3 rings (SSSR count). The summed E-state index contributed by atoms with van der Waals surface area (Å²) >= 11 is 0. The maximum Gasteiger partial charge on any atom is 0.238 e. The molecule has 10 heteroatoms. The summed E-state index contributed by atoms with van der Waals surface area (Å²) in [5.74, 6) is -0.129. The summed E-state index contributed by atoms with van der Waals surface area (Å²) in [7, 11) is -3.75. The van der Waals surface area contributed by atoms with E-state index in [0.29, 0.717) is 22.3 Å². The van der Waals surface area contributed by atoms with E-state index in [1.807, 2.05) is 0 Å². The minimum Gasteiger partial charge on any atom is -0.493 e. The van der Waals surface area contributed by atoms with Crippen molar-refractivity contribution in [3.05, 3.63) is 42.5 Å². The highest BCUT2D eigenvalue weighted by molar-refractivity contribution is 7.89. The van der Waals surface area contributed by atoms with Crippen molar-refractivity contribution in [2.45, 2.75) is 4.90 Å². The fraction of sp³-hybridized carbons (Fsp3) is 0. The van der Waals surface area contributed by atoms with Gasteiger partial charge in [-0.1, -0.05) is 0 Å². The second-order valence-electron chi connectivity index (χ2n) is 4.87. The first-order valence-corrected chi connectivity index (χ1v) is 8.04. The third-order valence-corrected chi connectivity index (χ3v) is 4.14. The maximum atomic E-state index is 11.2. The summed E-state index contributed by atoms with van der Waals surface area (Å²) in [5, 5.41) is 23.5. The zero-order valence-corrected chi connectivity index (χ0v) is 13.8. The molecule has 0 aliphatic rings. The average Bonchev–Trinajstić information content (AvgIpc) is 2.79. The highest BCUT2D eigenvalue weighted by Gasteiger charge is 2.11. The van der Waals surface area contributed by atoms with Crippen LogP contribution in [0.4, 0.5) is 17.1 Å². The van der Waals surface area contributed by atoms with Gasteiger partial charge in [0.2, 0.25) is 15.9 Å². The van der Waals surface area contributed by atoms with Crippen LogP contribution in [0.15, 0.2) is 57.6 Å². The molecule has 1 heterocycles. The molecule has 8 nitrogen and oxygen atoms in total. The molecule has 2 aromatic carbocycles. The van der Waals surface area contributed by atoms with E-state index in [4.69, 9.17) is 10.9 Å². The Bertz CT molecular complexity index is 1010. The Morgan fingerprint density at radius 2 is 1.71 bits per heavy atom. The van der Waals surface area contributed by atoms with E-state index in [2.05, 4.69) is 15.2 Å². The highest BCUT2D eigenvalue weighted by atomic mass is 35.5. The third kappa shape index (κ3) is 3.48. The van der Waals surface area contributed by atoms with Gasteiger partial charge in [-0.3, -0.25) is 0 Å². The number of fused-ring (bicyclic) bond motifs is 1. The van der Waals surface area contributed by atoms with Gasteiger partial charge in [0.25, 0.3) is 0 Å². The van der Waals surface area contributed by atoms with Crippen LogP contribution >= 0.6 is 12.4 Å². The van der Waals surface area contributed by atoms with Gasteiger partial charge in [0.15, 0.2) is 5.69 Å². The summed E-state index contributed by atoms with van der Waals surface area (Å²) in [5.41, 5.74) is 7.60. The Morgan fingerprint density at radius 3 is 2.33 bits per heavy atom. The van der Waals surface area contributed by atoms with Gasteiger partial charge in [-0.25, -0.2) is 13.6 Å². The van der Waals surface area contributed by atoms with Crippen LogP contribution < -0.4 is 10.9 Å². The summed E-state index contributed by atoms with van der Waals surface area (Å²) in [6.07, 6.45) is 0. The average molecular weight is 368 g/mol. The van der Waals surface area contributed by atoms with Gasteiger partial charge in [0.05, 0.1) is 16.1 Å². The minimum atomic E-state index is -3.75. The summed E-state index contributed by atoms with van der Waals surface area (Å²) in [6, 6.07) is 10.7. The normalized spacial score (nSPS) is 11.7. The SMILES string of the molecule is Cl.Nc1ccc2[nH]c(O)c(N=Nc3ccc(S(N)(=O)=O)cc3)c2c1. The van der Waals surface area contributed by atoms with E-state index in [1.165, 1.54) is 24.3 Å². The fourth-order valence-electron chi connectivity index (χ4n) is 2.09. The number of nitrogen functional groups attached to an aromatic ring is 1. The lowest BCUT2D eigenvalue weighted by molar-refractivity contribution is 0.459. The lowest BCUT2D eigenvalue weighted by Gasteiger charge is -1.98. The number of aromatic nitrogens is 1.